The van der Waals surface area contributed by atoms with Gasteiger partial charge >= 0.3 is 0 Å². The van der Waals surface area contributed by atoms with Gasteiger partial charge in [-0.15, -0.1) is 0 Å². The Labute approximate surface area is 172 Å². The number of aromatic nitrogens is 1. The molecule has 0 unspecified atom stereocenters. The minimum Gasteiger partial charge on any atom is -0.495 e. The van der Waals surface area contributed by atoms with Gasteiger partial charge in [-0.05, 0) is 42.8 Å². The summed E-state index contributed by atoms with van der Waals surface area (Å²) in [5.41, 5.74) is 0.868. The lowest BCUT2D eigenvalue weighted by Crippen LogP contribution is -2.18. The molecule has 0 aliphatic rings. The van der Waals surface area contributed by atoms with Crippen molar-refractivity contribution in [3.05, 3.63) is 53.1 Å². The molecule has 154 valence electrons. The summed E-state index contributed by atoms with van der Waals surface area (Å²) in [6, 6.07) is 10.2. The van der Waals surface area contributed by atoms with Crippen molar-refractivity contribution in [1.82, 2.24) is 4.57 Å². The second kappa shape index (κ2) is 8.87. The molecule has 0 saturated carbocycles. The van der Waals surface area contributed by atoms with Crippen LogP contribution in [0.25, 0.3) is 10.2 Å². The molecular formula is C20H21FN2O4S2. The van der Waals surface area contributed by atoms with Crippen molar-refractivity contribution in [2.45, 2.75) is 31.2 Å². The zero-order valence-corrected chi connectivity index (χ0v) is 17.7. The highest BCUT2D eigenvalue weighted by Crippen LogP contribution is 2.27. The van der Waals surface area contributed by atoms with Crippen LogP contribution in [0.4, 0.5) is 4.39 Å². The van der Waals surface area contributed by atoms with Crippen molar-refractivity contribution in [2.75, 3.05) is 12.9 Å². The fraction of sp³-hybridized carbons (Fsp3) is 0.300. The number of halogens is 1. The predicted octanol–water partition coefficient (Wildman–Crippen LogP) is 3.55. The van der Waals surface area contributed by atoms with Gasteiger partial charge in [-0.3, -0.25) is 4.79 Å². The first-order valence-electron chi connectivity index (χ1n) is 9.08. The fourth-order valence-corrected chi connectivity index (χ4v) is 5.24. The molecule has 0 bridgehead atoms. The number of para-hydroxylation sites is 1. The van der Waals surface area contributed by atoms with Gasteiger partial charge in [0.25, 0.3) is 0 Å². The lowest BCUT2D eigenvalue weighted by molar-refractivity contribution is -0.117. The molecule has 0 aliphatic heterocycles. The van der Waals surface area contributed by atoms with Gasteiger partial charge in [-0.25, -0.2) is 12.8 Å². The van der Waals surface area contributed by atoms with Crippen LogP contribution in [-0.4, -0.2) is 31.8 Å². The van der Waals surface area contributed by atoms with Crippen LogP contribution in [-0.2, 0) is 21.2 Å². The molecule has 0 atom stereocenters. The van der Waals surface area contributed by atoms with E-state index in [1.165, 1.54) is 23.5 Å². The Kier molecular flexibility index (Phi) is 6.49. The molecule has 0 fully saturated rings. The largest absolute Gasteiger partial charge is 0.495 e. The van der Waals surface area contributed by atoms with Crippen molar-refractivity contribution in [2.24, 2.45) is 4.99 Å². The van der Waals surface area contributed by atoms with E-state index in [0.29, 0.717) is 17.1 Å². The first kappa shape index (κ1) is 21.2. The number of aryl methyl sites for hydroxylation is 1. The van der Waals surface area contributed by atoms with E-state index < -0.39 is 21.6 Å². The maximum absolute atomic E-state index is 13.0. The van der Waals surface area contributed by atoms with E-state index >= 15 is 0 Å². The van der Waals surface area contributed by atoms with Crippen LogP contribution < -0.4 is 9.54 Å². The monoisotopic (exact) mass is 436 g/mol. The normalized spacial score (nSPS) is 12.4. The van der Waals surface area contributed by atoms with E-state index in [2.05, 4.69) is 4.99 Å². The van der Waals surface area contributed by atoms with Crippen molar-refractivity contribution in [3.8, 4) is 5.75 Å². The van der Waals surface area contributed by atoms with E-state index in [1.807, 2.05) is 29.7 Å². The number of hydrogen-bond acceptors (Lipinski definition) is 5. The van der Waals surface area contributed by atoms with Crippen LogP contribution >= 0.6 is 11.3 Å². The predicted molar refractivity (Wildman–Crippen MR) is 110 cm³/mol. The van der Waals surface area contributed by atoms with Crippen LogP contribution in [0, 0.1) is 5.82 Å². The van der Waals surface area contributed by atoms with Gasteiger partial charge in [0.1, 0.15) is 17.1 Å². The van der Waals surface area contributed by atoms with Gasteiger partial charge in [0, 0.05) is 13.0 Å². The van der Waals surface area contributed by atoms with Crippen molar-refractivity contribution < 1.29 is 22.3 Å². The Hall–Kier alpha value is -2.52. The highest BCUT2D eigenvalue weighted by atomic mass is 32.2. The summed E-state index contributed by atoms with van der Waals surface area (Å²) in [7, 11) is -2.10. The molecule has 1 amide bonds. The molecule has 2 aromatic carbocycles. The molecule has 0 N–H and O–H groups in total. The van der Waals surface area contributed by atoms with Gasteiger partial charge in [-0.1, -0.05) is 24.3 Å². The number of amides is 1. The summed E-state index contributed by atoms with van der Waals surface area (Å²) in [6.45, 7) is 2.67. The number of hydrogen-bond donors (Lipinski definition) is 0. The highest BCUT2D eigenvalue weighted by Gasteiger charge is 2.17. The van der Waals surface area contributed by atoms with Gasteiger partial charge < -0.3 is 9.30 Å². The third-order valence-electron chi connectivity index (χ3n) is 4.31. The van der Waals surface area contributed by atoms with E-state index in [-0.39, 0.29) is 17.1 Å². The number of sulfone groups is 1. The van der Waals surface area contributed by atoms with Crippen LogP contribution in [0.15, 0.2) is 52.4 Å². The number of thiazole rings is 1. The van der Waals surface area contributed by atoms with Crippen LogP contribution in [0.5, 0.6) is 5.75 Å². The Bertz CT molecular complexity index is 1200. The summed E-state index contributed by atoms with van der Waals surface area (Å²) in [4.78, 5) is 17.1. The molecule has 0 spiro atoms. The number of methoxy groups -OCH3 is 1. The SMILES string of the molecule is CCCn1c(=NC(=O)CCS(=O)(=O)c2ccc(F)cc2)sc2cccc(OC)c21. The van der Waals surface area contributed by atoms with Crippen molar-refractivity contribution in [3.63, 3.8) is 0 Å². The first-order chi connectivity index (χ1) is 13.9. The van der Waals surface area contributed by atoms with Gasteiger partial charge in [0.15, 0.2) is 14.6 Å². The number of rotatable bonds is 7. The molecular weight excluding hydrogens is 415 g/mol. The topological polar surface area (TPSA) is 77.7 Å². The Balaban J connectivity index is 1.88. The van der Waals surface area contributed by atoms with Gasteiger partial charge in [0.05, 0.1) is 22.5 Å². The zero-order valence-electron chi connectivity index (χ0n) is 16.1. The molecule has 0 saturated heterocycles. The summed E-state index contributed by atoms with van der Waals surface area (Å²) in [6.07, 6.45) is 0.585. The maximum atomic E-state index is 13.0. The second-order valence-corrected chi connectivity index (χ2v) is 9.49. The van der Waals surface area contributed by atoms with Gasteiger partial charge in [0.2, 0.25) is 5.91 Å². The molecule has 1 heterocycles. The van der Waals surface area contributed by atoms with Gasteiger partial charge in [-0.2, -0.15) is 4.99 Å². The summed E-state index contributed by atoms with van der Waals surface area (Å²) in [5.74, 6) is -0.732. The Morgan fingerprint density at radius 1 is 1.21 bits per heavy atom. The van der Waals surface area contributed by atoms with Crippen molar-refractivity contribution in [1.29, 1.82) is 0 Å². The lowest BCUT2D eigenvalue weighted by Gasteiger charge is -2.07. The standard InChI is InChI=1S/C20H21FN2O4S2/c1-3-12-23-19-16(27-2)5-4-6-17(19)28-20(23)22-18(24)11-13-29(25,26)15-9-7-14(21)8-10-15/h4-10H,3,11-13H2,1-2H3. The summed E-state index contributed by atoms with van der Waals surface area (Å²) >= 11 is 1.36. The third kappa shape index (κ3) is 4.73. The molecule has 3 rings (SSSR count). The molecule has 0 aliphatic carbocycles. The number of carbonyl (C=O) groups excluding carboxylic acids is 1. The summed E-state index contributed by atoms with van der Waals surface area (Å²) < 4.78 is 46.0. The number of carbonyl (C=O) groups is 1. The Morgan fingerprint density at radius 3 is 2.59 bits per heavy atom. The van der Waals surface area contributed by atoms with E-state index in [1.54, 1.807) is 7.11 Å². The van der Waals surface area contributed by atoms with E-state index in [9.17, 15) is 17.6 Å². The maximum Gasteiger partial charge on any atom is 0.249 e. The summed E-state index contributed by atoms with van der Waals surface area (Å²) in [5, 5.41) is 0. The number of fused-ring (bicyclic) bond motifs is 1. The molecule has 29 heavy (non-hydrogen) atoms. The number of ether oxygens (including phenoxy) is 1. The first-order valence-corrected chi connectivity index (χ1v) is 11.5. The minimum atomic E-state index is -3.69. The Morgan fingerprint density at radius 2 is 1.93 bits per heavy atom. The van der Waals surface area contributed by atoms with Crippen molar-refractivity contribution >= 4 is 37.3 Å². The average molecular weight is 437 g/mol. The molecule has 9 heteroatoms. The molecule has 6 nitrogen and oxygen atoms in total. The van der Waals surface area contributed by atoms with E-state index in [4.69, 9.17) is 4.74 Å². The van der Waals surface area contributed by atoms with Crippen LogP contribution in [0.1, 0.15) is 19.8 Å². The van der Waals surface area contributed by atoms with Crippen LogP contribution in [0.3, 0.4) is 0 Å². The zero-order chi connectivity index (χ0) is 21.0. The van der Waals surface area contributed by atoms with E-state index in [0.717, 1.165) is 28.8 Å². The fourth-order valence-electron chi connectivity index (χ4n) is 2.92. The third-order valence-corrected chi connectivity index (χ3v) is 7.08. The minimum absolute atomic E-state index is 0.0145. The second-order valence-electron chi connectivity index (χ2n) is 6.37. The number of nitrogens with zero attached hydrogens (tertiary/aromatic N) is 2. The quantitative estimate of drug-likeness (QED) is 0.531. The lowest BCUT2D eigenvalue weighted by atomic mass is 10.3. The highest BCUT2D eigenvalue weighted by molar-refractivity contribution is 7.91. The average Bonchev–Trinajstić information content (AvgIpc) is 3.04. The smallest absolute Gasteiger partial charge is 0.249 e. The molecule has 3 aromatic rings. The van der Waals surface area contributed by atoms with Crippen LogP contribution in [0.2, 0.25) is 0 Å². The molecule has 1 aromatic heterocycles. The molecule has 0 radical (unpaired) electrons. The number of benzene rings is 2.